The molecule has 0 bridgehead atoms. The topological polar surface area (TPSA) is 69.3 Å². The summed E-state index contributed by atoms with van der Waals surface area (Å²) in [6.07, 6.45) is -3.69. The van der Waals surface area contributed by atoms with Gasteiger partial charge in [-0.25, -0.2) is 0 Å². The number of carbonyl (C=O) groups is 1. The van der Waals surface area contributed by atoms with Crippen molar-refractivity contribution in [2.45, 2.75) is 12.8 Å². The number of fused-ring (bicyclic) bond motifs is 1. The molecule has 28 heavy (non-hydrogen) atoms. The summed E-state index contributed by atoms with van der Waals surface area (Å²) in [5.74, 6) is 0.735. The zero-order valence-corrected chi connectivity index (χ0v) is 15.6. The lowest BCUT2D eigenvalue weighted by molar-refractivity contribution is -0.286. The molecule has 2 aromatic carbocycles. The first-order valence-electron chi connectivity index (χ1n) is 8.39. The van der Waals surface area contributed by atoms with Gasteiger partial charge in [-0.15, -0.1) is 8.78 Å². The fraction of sp³-hybridized carbons (Fsp3) is 0.316. The highest BCUT2D eigenvalue weighted by atomic mass is 19.3. The average molecular weight is 394 g/mol. The monoisotopic (exact) mass is 394 g/mol. The molecule has 0 atom stereocenters. The highest BCUT2D eigenvalue weighted by Crippen LogP contribution is 2.42. The zero-order chi connectivity index (χ0) is 20.3. The average Bonchev–Trinajstić information content (AvgIpc) is 2.94. The van der Waals surface area contributed by atoms with Crippen molar-refractivity contribution >= 4 is 11.6 Å². The number of amides is 1. The molecular weight excluding hydrogens is 374 g/mol. The van der Waals surface area contributed by atoms with Crippen molar-refractivity contribution in [3.8, 4) is 23.0 Å². The molecule has 1 N–H and O–H groups in total. The van der Waals surface area contributed by atoms with Gasteiger partial charge in [-0.2, -0.15) is 0 Å². The Labute approximate surface area is 160 Å². The molecular formula is C19H20F2N2O5. The molecule has 150 valence electrons. The lowest BCUT2D eigenvalue weighted by atomic mass is 10.2. The molecule has 3 rings (SSSR count). The number of nitrogens with one attached hydrogen (secondary N) is 1. The minimum Gasteiger partial charge on any atom is -0.493 e. The van der Waals surface area contributed by atoms with Crippen molar-refractivity contribution in [2.75, 3.05) is 33.1 Å². The second kappa shape index (κ2) is 7.89. The number of carbonyl (C=O) groups excluding carboxylic acids is 1. The first kappa shape index (κ1) is 19.7. The van der Waals surface area contributed by atoms with Crippen LogP contribution in [0.3, 0.4) is 0 Å². The van der Waals surface area contributed by atoms with Crippen LogP contribution in [0.4, 0.5) is 14.5 Å². The predicted molar refractivity (Wildman–Crippen MR) is 97.2 cm³/mol. The number of ether oxygens (including phenoxy) is 4. The van der Waals surface area contributed by atoms with Gasteiger partial charge in [-0.1, -0.05) is 6.07 Å². The number of likely N-dealkylation sites (N-methyl/N-ethyl adjacent to an activating group) is 1. The van der Waals surface area contributed by atoms with E-state index in [9.17, 15) is 13.6 Å². The maximum Gasteiger partial charge on any atom is 0.586 e. The van der Waals surface area contributed by atoms with E-state index in [0.29, 0.717) is 23.7 Å². The first-order valence-corrected chi connectivity index (χ1v) is 8.39. The van der Waals surface area contributed by atoms with Crippen LogP contribution in [0.1, 0.15) is 5.56 Å². The Kier molecular flexibility index (Phi) is 5.55. The maximum atomic E-state index is 13.1. The molecule has 1 aliphatic rings. The summed E-state index contributed by atoms with van der Waals surface area (Å²) in [5.41, 5.74) is 1.28. The minimum absolute atomic E-state index is 0.0754. The number of halogens is 2. The number of hydrogen-bond donors (Lipinski definition) is 1. The van der Waals surface area contributed by atoms with E-state index in [1.54, 1.807) is 32.2 Å². The standard InChI is InChI=1S/C19H20F2N2O5/c1-23(10-12-4-6-14(25-2)16(8-12)26-3)11-18(24)22-13-5-7-15-17(9-13)28-19(20,21)27-15/h4-9H,10-11H2,1-3H3,(H,22,24). The summed E-state index contributed by atoms with van der Waals surface area (Å²) in [7, 11) is 4.90. The quantitative estimate of drug-likeness (QED) is 0.778. The van der Waals surface area contributed by atoms with Crippen LogP contribution in [0.2, 0.25) is 0 Å². The molecule has 1 amide bonds. The smallest absolute Gasteiger partial charge is 0.493 e. The Morgan fingerprint density at radius 1 is 1.07 bits per heavy atom. The molecule has 0 unspecified atom stereocenters. The molecule has 1 aliphatic heterocycles. The Morgan fingerprint density at radius 3 is 2.50 bits per heavy atom. The van der Waals surface area contributed by atoms with E-state index >= 15 is 0 Å². The van der Waals surface area contributed by atoms with Crippen molar-refractivity contribution in [1.82, 2.24) is 4.90 Å². The SMILES string of the molecule is COc1ccc(CN(C)CC(=O)Nc2ccc3c(c2)OC(F)(F)O3)cc1OC. The number of nitrogens with zero attached hydrogens (tertiary/aromatic N) is 1. The molecule has 2 aromatic rings. The van der Waals surface area contributed by atoms with Gasteiger partial charge in [0.15, 0.2) is 23.0 Å². The van der Waals surface area contributed by atoms with E-state index in [4.69, 9.17) is 9.47 Å². The summed E-state index contributed by atoms with van der Waals surface area (Å²) >= 11 is 0. The van der Waals surface area contributed by atoms with Gasteiger partial charge < -0.3 is 24.3 Å². The van der Waals surface area contributed by atoms with Gasteiger partial charge in [0.2, 0.25) is 5.91 Å². The Morgan fingerprint density at radius 2 is 1.79 bits per heavy atom. The van der Waals surface area contributed by atoms with Crippen LogP contribution in [-0.4, -0.2) is 44.9 Å². The summed E-state index contributed by atoms with van der Waals surface area (Å²) in [4.78, 5) is 14.0. The highest BCUT2D eigenvalue weighted by molar-refractivity contribution is 5.92. The lowest BCUT2D eigenvalue weighted by Crippen LogP contribution is -2.29. The Hall–Kier alpha value is -3.07. The van der Waals surface area contributed by atoms with E-state index in [0.717, 1.165) is 5.56 Å². The van der Waals surface area contributed by atoms with Crippen LogP contribution in [0.15, 0.2) is 36.4 Å². The van der Waals surface area contributed by atoms with Crippen LogP contribution in [0.25, 0.3) is 0 Å². The normalized spacial score (nSPS) is 14.1. The number of benzene rings is 2. The van der Waals surface area contributed by atoms with Crippen molar-refractivity contribution < 1.29 is 32.5 Å². The molecule has 0 radical (unpaired) electrons. The maximum absolute atomic E-state index is 13.1. The largest absolute Gasteiger partial charge is 0.586 e. The van der Waals surface area contributed by atoms with Gasteiger partial charge in [-0.3, -0.25) is 9.69 Å². The molecule has 1 heterocycles. The molecule has 0 aromatic heterocycles. The van der Waals surface area contributed by atoms with Crippen LogP contribution >= 0.6 is 0 Å². The third-order valence-corrected chi connectivity index (χ3v) is 4.00. The number of hydrogen-bond acceptors (Lipinski definition) is 6. The van der Waals surface area contributed by atoms with Gasteiger partial charge >= 0.3 is 6.29 Å². The van der Waals surface area contributed by atoms with Crippen LogP contribution in [0, 0.1) is 0 Å². The van der Waals surface area contributed by atoms with Gasteiger partial charge in [0.25, 0.3) is 0 Å². The summed E-state index contributed by atoms with van der Waals surface area (Å²) < 4.78 is 45.3. The molecule has 7 nitrogen and oxygen atoms in total. The zero-order valence-electron chi connectivity index (χ0n) is 15.6. The summed E-state index contributed by atoms with van der Waals surface area (Å²) in [5, 5.41) is 2.65. The van der Waals surface area contributed by atoms with Crippen molar-refractivity contribution in [3.05, 3.63) is 42.0 Å². The Balaban J connectivity index is 1.57. The number of alkyl halides is 2. The molecule has 0 fully saturated rings. The van der Waals surface area contributed by atoms with E-state index < -0.39 is 6.29 Å². The molecule has 9 heteroatoms. The van der Waals surface area contributed by atoms with Gasteiger partial charge in [0.05, 0.1) is 20.8 Å². The number of methoxy groups -OCH3 is 2. The van der Waals surface area contributed by atoms with Gasteiger partial charge in [0.1, 0.15) is 0 Å². The van der Waals surface area contributed by atoms with Crippen molar-refractivity contribution in [2.24, 2.45) is 0 Å². The molecule has 0 aliphatic carbocycles. The highest BCUT2D eigenvalue weighted by Gasteiger charge is 2.43. The van der Waals surface area contributed by atoms with E-state index in [1.807, 2.05) is 12.1 Å². The van der Waals surface area contributed by atoms with E-state index in [-0.39, 0.29) is 24.0 Å². The van der Waals surface area contributed by atoms with Crippen molar-refractivity contribution in [3.63, 3.8) is 0 Å². The second-order valence-corrected chi connectivity index (χ2v) is 6.24. The second-order valence-electron chi connectivity index (χ2n) is 6.24. The van der Waals surface area contributed by atoms with Gasteiger partial charge in [-0.05, 0) is 36.9 Å². The predicted octanol–water partition coefficient (Wildman–Crippen LogP) is 3.10. The third kappa shape index (κ3) is 4.61. The minimum atomic E-state index is -3.69. The van der Waals surface area contributed by atoms with Gasteiger partial charge in [0, 0.05) is 18.3 Å². The van der Waals surface area contributed by atoms with Crippen molar-refractivity contribution in [1.29, 1.82) is 0 Å². The Bertz CT molecular complexity index is 875. The lowest BCUT2D eigenvalue weighted by Gasteiger charge is -2.17. The molecule has 0 spiro atoms. The summed E-state index contributed by atoms with van der Waals surface area (Å²) in [6.45, 7) is 0.597. The van der Waals surface area contributed by atoms with E-state index in [1.165, 1.54) is 18.2 Å². The molecule has 0 saturated carbocycles. The summed E-state index contributed by atoms with van der Waals surface area (Å²) in [6, 6.07) is 9.60. The van der Waals surface area contributed by atoms with Crippen LogP contribution in [0.5, 0.6) is 23.0 Å². The first-order chi connectivity index (χ1) is 13.3. The van der Waals surface area contributed by atoms with Crippen LogP contribution < -0.4 is 24.3 Å². The van der Waals surface area contributed by atoms with Crippen LogP contribution in [-0.2, 0) is 11.3 Å². The molecule has 0 saturated heterocycles. The fourth-order valence-corrected chi connectivity index (χ4v) is 2.82. The number of rotatable bonds is 7. The third-order valence-electron chi connectivity index (χ3n) is 4.00. The number of anilines is 1. The van der Waals surface area contributed by atoms with E-state index in [2.05, 4.69) is 14.8 Å². The fourth-order valence-electron chi connectivity index (χ4n) is 2.82.